The molecule has 0 amide bonds. The van der Waals surface area contributed by atoms with E-state index in [1.165, 1.54) is 0 Å². The number of carbonyl (C=O) groups is 1. The van der Waals surface area contributed by atoms with Gasteiger partial charge >= 0.3 is 0 Å². The Morgan fingerprint density at radius 1 is 1.57 bits per heavy atom. The minimum Gasteiger partial charge on any atom is -0.298 e. The number of hydrogen-bond acceptors (Lipinski definition) is 3. The Hall–Kier alpha value is -0.830. The third kappa shape index (κ3) is 1.69. The number of ketones is 1. The molecule has 1 unspecified atom stereocenters. The van der Waals surface area contributed by atoms with Gasteiger partial charge < -0.3 is 0 Å². The zero-order valence-corrected chi connectivity index (χ0v) is 9.17. The standard InChI is InChI=1S/C11H13NOS/c1-11(2)10(13)6-9(14-11)8-4-3-5-12-7-8/h3-5,7,9H,6H2,1-2H3. The molecule has 0 N–H and O–H groups in total. The Bertz CT molecular complexity index is 348. The topological polar surface area (TPSA) is 30.0 Å². The van der Waals surface area contributed by atoms with Gasteiger partial charge in [0.05, 0.1) is 4.75 Å². The first-order valence-electron chi connectivity index (χ1n) is 4.70. The monoisotopic (exact) mass is 207 g/mol. The molecule has 0 radical (unpaired) electrons. The molecular formula is C11H13NOS. The Labute approximate surface area is 88.1 Å². The Morgan fingerprint density at radius 2 is 2.36 bits per heavy atom. The average Bonchev–Trinajstić information content (AvgIpc) is 2.43. The lowest BCUT2D eigenvalue weighted by atomic mass is 10.0. The maximum atomic E-state index is 11.6. The van der Waals surface area contributed by atoms with Crippen LogP contribution in [0.2, 0.25) is 0 Å². The normalized spacial score (nSPS) is 25.3. The van der Waals surface area contributed by atoms with E-state index in [4.69, 9.17) is 0 Å². The van der Waals surface area contributed by atoms with Crippen molar-refractivity contribution in [3.05, 3.63) is 30.1 Å². The van der Waals surface area contributed by atoms with E-state index < -0.39 is 0 Å². The van der Waals surface area contributed by atoms with Crippen LogP contribution in [0.4, 0.5) is 0 Å². The number of pyridine rings is 1. The van der Waals surface area contributed by atoms with E-state index in [1.54, 1.807) is 18.0 Å². The van der Waals surface area contributed by atoms with Gasteiger partial charge in [-0.3, -0.25) is 9.78 Å². The molecule has 1 fully saturated rings. The van der Waals surface area contributed by atoms with Crippen LogP contribution in [0.5, 0.6) is 0 Å². The van der Waals surface area contributed by atoms with Gasteiger partial charge in [0.25, 0.3) is 0 Å². The zero-order valence-electron chi connectivity index (χ0n) is 8.36. The fourth-order valence-corrected chi connectivity index (χ4v) is 3.07. The summed E-state index contributed by atoms with van der Waals surface area (Å²) in [5.41, 5.74) is 1.16. The summed E-state index contributed by atoms with van der Waals surface area (Å²) in [5.74, 6) is 0.344. The number of carbonyl (C=O) groups excluding carboxylic acids is 1. The van der Waals surface area contributed by atoms with Crippen LogP contribution < -0.4 is 0 Å². The van der Waals surface area contributed by atoms with Crippen molar-refractivity contribution < 1.29 is 4.79 Å². The molecule has 0 saturated carbocycles. The predicted octanol–water partition coefficient (Wildman–Crippen LogP) is 2.61. The quantitative estimate of drug-likeness (QED) is 0.709. The SMILES string of the molecule is CC1(C)SC(c2cccnc2)CC1=O. The lowest BCUT2D eigenvalue weighted by Crippen LogP contribution is -2.20. The lowest BCUT2D eigenvalue weighted by Gasteiger charge is -2.14. The molecule has 74 valence electrons. The van der Waals surface area contributed by atoms with Crippen LogP contribution in [0.15, 0.2) is 24.5 Å². The van der Waals surface area contributed by atoms with Crippen molar-refractivity contribution in [3.8, 4) is 0 Å². The number of Topliss-reactive ketones (excluding diaryl/α,β-unsaturated/α-hetero) is 1. The number of thioether (sulfide) groups is 1. The summed E-state index contributed by atoms with van der Waals surface area (Å²) < 4.78 is -0.222. The van der Waals surface area contributed by atoms with Crippen LogP contribution in [-0.4, -0.2) is 15.5 Å². The predicted molar refractivity (Wildman–Crippen MR) is 58.3 cm³/mol. The fraction of sp³-hybridized carbons (Fsp3) is 0.455. The largest absolute Gasteiger partial charge is 0.298 e. The Kier molecular flexibility index (Phi) is 2.35. The van der Waals surface area contributed by atoms with Crippen molar-refractivity contribution in [1.29, 1.82) is 0 Å². The Morgan fingerprint density at radius 3 is 2.86 bits per heavy atom. The highest BCUT2D eigenvalue weighted by Crippen LogP contribution is 2.48. The molecule has 0 bridgehead atoms. The number of hydrogen-bond donors (Lipinski definition) is 0. The summed E-state index contributed by atoms with van der Waals surface area (Å²) in [5, 5.41) is 0.297. The van der Waals surface area contributed by atoms with E-state index in [9.17, 15) is 4.79 Å². The fourth-order valence-electron chi connectivity index (χ4n) is 1.63. The minimum atomic E-state index is -0.222. The van der Waals surface area contributed by atoms with Crippen molar-refractivity contribution >= 4 is 17.5 Å². The Balaban J connectivity index is 2.21. The van der Waals surface area contributed by atoms with Gasteiger partial charge in [0.2, 0.25) is 0 Å². The summed E-state index contributed by atoms with van der Waals surface area (Å²) in [7, 11) is 0. The van der Waals surface area contributed by atoms with Crippen molar-refractivity contribution in [2.45, 2.75) is 30.3 Å². The van der Waals surface area contributed by atoms with Crippen LogP contribution in [-0.2, 0) is 4.79 Å². The van der Waals surface area contributed by atoms with E-state index in [1.807, 2.05) is 32.2 Å². The van der Waals surface area contributed by atoms with Crippen molar-refractivity contribution in [2.24, 2.45) is 0 Å². The third-order valence-corrected chi connectivity index (χ3v) is 4.08. The molecule has 3 heteroatoms. The molecule has 1 aliphatic rings. The highest BCUT2D eigenvalue weighted by Gasteiger charge is 2.40. The van der Waals surface area contributed by atoms with Crippen LogP contribution in [0.1, 0.15) is 31.1 Å². The first kappa shape index (κ1) is 9.71. The lowest BCUT2D eigenvalue weighted by molar-refractivity contribution is -0.119. The second kappa shape index (κ2) is 3.39. The van der Waals surface area contributed by atoms with Gasteiger partial charge in [0.15, 0.2) is 0 Å². The molecule has 1 aromatic heterocycles. The van der Waals surface area contributed by atoms with Gasteiger partial charge in [-0.1, -0.05) is 6.07 Å². The average molecular weight is 207 g/mol. The number of rotatable bonds is 1. The molecule has 1 aromatic rings. The molecule has 0 aromatic carbocycles. The minimum absolute atomic E-state index is 0.222. The molecule has 0 spiro atoms. The van der Waals surface area contributed by atoms with Gasteiger partial charge in [-0.2, -0.15) is 0 Å². The molecular weight excluding hydrogens is 194 g/mol. The summed E-state index contributed by atoms with van der Waals surface area (Å²) in [4.78, 5) is 15.7. The van der Waals surface area contributed by atoms with E-state index >= 15 is 0 Å². The second-order valence-corrected chi connectivity index (χ2v) is 5.86. The van der Waals surface area contributed by atoms with E-state index in [0.29, 0.717) is 17.5 Å². The zero-order chi connectivity index (χ0) is 10.2. The summed E-state index contributed by atoms with van der Waals surface area (Å²) in [6, 6.07) is 3.96. The molecule has 14 heavy (non-hydrogen) atoms. The van der Waals surface area contributed by atoms with Gasteiger partial charge in [0, 0.05) is 24.1 Å². The number of aromatic nitrogens is 1. The summed E-state index contributed by atoms with van der Waals surface area (Å²) >= 11 is 1.74. The van der Waals surface area contributed by atoms with Crippen molar-refractivity contribution in [3.63, 3.8) is 0 Å². The molecule has 0 aliphatic carbocycles. The third-order valence-electron chi connectivity index (χ3n) is 2.54. The maximum absolute atomic E-state index is 11.6. The second-order valence-electron chi connectivity index (χ2n) is 4.03. The van der Waals surface area contributed by atoms with Crippen molar-refractivity contribution in [2.75, 3.05) is 0 Å². The van der Waals surface area contributed by atoms with E-state index in [0.717, 1.165) is 5.56 Å². The first-order valence-corrected chi connectivity index (χ1v) is 5.58. The molecule has 2 heterocycles. The molecule has 1 saturated heterocycles. The van der Waals surface area contributed by atoms with Crippen LogP contribution >= 0.6 is 11.8 Å². The van der Waals surface area contributed by atoms with Crippen molar-refractivity contribution in [1.82, 2.24) is 4.98 Å². The molecule has 2 rings (SSSR count). The molecule has 1 atom stereocenters. The van der Waals surface area contributed by atoms with Gasteiger partial charge in [-0.05, 0) is 25.5 Å². The van der Waals surface area contributed by atoms with Gasteiger partial charge in [0.1, 0.15) is 5.78 Å². The highest BCUT2D eigenvalue weighted by molar-refractivity contribution is 8.02. The summed E-state index contributed by atoms with van der Waals surface area (Å²) in [6.45, 7) is 3.99. The molecule has 2 nitrogen and oxygen atoms in total. The van der Waals surface area contributed by atoms with Crippen LogP contribution in [0.25, 0.3) is 0 Å². The van der Waals surface area contributed by atoms with Gasteiger partial charge in [-0.15, -0.1) is 11.8 Å². The maximum Gasteiger partial charge on any atom is 0.149 e. The molecule has 1 aliphatic heterocycles. The van der Waals surface area contributed by atoms with E-state index in [2.05, 4.69) is 4.98 Å². The van der Waals surface area contributed by atoms with Crippen LogP contribution in [0.3, 0.4) is 0 Å². The highest BCUT2D eigenvalue weighted by atomic mass is 32.2. The first-order chi connectivity index (χ1) is 6.59. The van der Waals surface area contributed by atoms with Crippen LogP contribution in [0, 0.1) is 0 Å². The van der Waals surface area contributed by atoms with E-state index in [-0.39, 0.29) is 4.75 Å². The number of nitrogens with zero attached hydrogens (tertiary/aromatic N) is 1. The van der Waals surface area contributed by atoms with Gasteiger partial charge in [-0.25, -0.2) is 0 Å². The smallest absolute Gasteiger partial charge is 0.149 e. The summed E-state index contributed by atoms with van der Waals surface area (Å²) in [6.07, 6.45) is 4.26.